The van der Waals surface area contributed by atoms with Gasteiger partial charge in [0.2, 0.25) is 5.91 Å². The van der Waals surface area contributed by atoms with Crippen molar-refractivity contribution in [3.8, 4) is 0 Å². The van der Waals surface area contributed by atoms with Gasteiger partial charge in [-0.2, -0.15) is 0 Å². The fourth-order valence-corrected chi connectivity index (χ4v) is 4.68. The molecule has 1 aliphatic heterocycles. The smallest absolute Gasteiger partial charge is 0.246 e. The van der Waals surface area contributed by atoms with E-state index in [-0.39, 0.29) is 5.91 Å². The van der Waals surface area contributed by atoms with Gasteiger partial charge in [0.25, 0.3) is 0 Å². The second kappa shape index (κ2) is 8.15. The van der Waals surface area contributed by atoms with Crippen LogP contribution < -0.4 is 4.90 Å². The van der Waals surface area contributed by atoms with Crippen LogP contribution in [0.15, 0.2) is 59.5 Å². The van der Waals surface area contributed by atoms with Gasteiger partial charge in [-0.1, -0.05) is 41.7 Å². The van der Waals surface area contributed by atoms with E-state index in [2.05, 4.69) is 29.4 Å². The Morgan fingerprint density at radius 1 is 1.11 bits per heavy atom. The number of anilines is 1. The van der Waals surface area contributed by atoms with Gasteiger partial charge in [-0.3, -0.25) is 4.79 Å². The fraction of sp³-hybridized carbons (Fsp3) is 0.238. The number of piperazine rings is 1. The van der Waals surface area contributed by atoms with Crippen molar-refractivity contribution >= 4 is 50.4 Å². The number of aromatic nitrogens is 1. The number of carbonyl (C=O) groups excluding carboxylic acids is 1. The van der Waals surface area contributed by atoms with Crippen molar-refractivity contribution in [2.45, 2.75) is 4.90 Å². The molecule has 0 radical (unpaired) electrons. The topological polar surface area (TPSA) is 36.4 Å². The summed E-state index contributed by atoms with van der Waals surface area (Å²) in [6.45, 7) is 3.09. The Bertz CT molecular complexity index is 960. The second-order valence-electron chi connectivity index (χ2n) is 6.39. The molecule has 4 rings (SSSR count). The molecule has 27 heavy (non-hydrogen) atoms. The van der Waals surface area contributed by atoms with E-state index in [1.165, 1.54) is 9.60 Å². The molecular weight excluding hydrogens is 374 g/mol. The van der Waals surface area contributed by atoms with Gasteiger partial charge in [0.15, 0.2) is 5.13 Å². The minimum atomic E-state index is 0.0763. The van der Waals surface area contributed by atoms with Gasteiger partial charge in [0, 0.05) is 37.2 Å². The molecule has 0 spiro atoms. The third kappa shape index (κ3) is 4.17. The quantitative estimate of drug-likeness (QED) is 0.485. The van der Waals surface area contributed by atoms with Gasteiger partial charge in [-0.25, -0.2) is 4.98 Å². The maximum atomic E-state index is 12.4. The Kier molecular flexibility index (Phi) is 5.45. The van der Waals surface area contributed by atoms with Gasteiger partial charge in [0.05, 0.1) is 10.2 Å². The van der Waals surface area contributed by atoms with Crippen LogP contribution in [0.4, 0.5) is 5.13 Å². The standard InChI is InChI=1S/C21H21N3OS2/c1-26-17-8-9-18-19(15-17)27-21(22-18)24-13-11-23(12-14-24)20(25)10-7-16-5-3-2-4-6-16/h2-10,15H,11-14H2,1H3/b10-7+. The molecule has 1 aliphatic rings. The van der Waals surface area contributed by atoms with Crippen molar-refractivity contribution in [2.75, 3.05) is 37.3 Å². The SMILES string of the molecule is CSc1ccc2nc(N3CCN(C(=O)/C=C/c4ccccc4)CC3)sc2c1. The number of thioether (sulfide) groups is 1. The van der Waals surface area contributed by atoms with Crippen molar-refractivity contribution < 1.29 is 4.79 Å². The first-order chi connectivity index (χ1) is 13.2. The zero-order valence-corrected chi connectivity index (χ0v) is 16.8. The molecular formula is C21H21N3OS2. The molecule has 0 atom stereocenters. The number of nitrogens with zero attached hydrogens (tertiary/aromatic N) is 3. The van der Waals surface area contributed by atoms with Crippen LogP contribution in [0.5, 0.6) is 0 Å². The summed E-state index contributed by atoms with van der Waals surface area (Å²) in [5, 5.41) is 1.05. The summed E-state index contributed by atoms with van der Waals surface area (Å²) >= 11 is 3.48. The van der Waals surface area contributed by atoms with Crippen molar-refractivity contribution in [3.63, 3.8) is 0 Å². The summed E-state index contributed by atoms with van der Waals surface area (Å²) in [6, 6.07) is 16.3. The fourth-order valence-electron chi connectivity index (χ4n) is 3.11. The third-order valence-corrected chi connectivity index (χ3v) is 6.47. The lowest BCUT2D eigenvalue weighted by Crippen LogP contribution is -2.48. The van der Waals surface area contributed by atoms with Crippen LogP contribution in [0.3, 0.4) is 0 Å². The monoisotopic (exact) mass is 395 g/mol. The Hall–Kier alpha value is -2.31. The average Bonchev–Trinajstić information content (AvgIpc) is 3.16. The Balaban J connectivity index is 1.38. The third-order valence-electron chi connectivity index (χ3n) is 4.66. The molecule has 2 heterocycles. The molecule has 0 unspecified atom stereocenters. The highest BCUT2D eigenvalue weighted by Crippen LogP contribution is 2.32. The summed E-state index contributed by atoms with van der Waals surface area (Å²) in [7, 11) is 0. The molecule has 0 N–H and O–H groups in total. The Morgan fingerprint density at radius 3 is 2.63 bits per heavy atom. The minimum Gasteiger partial charge on any atom is -0.345 e. The zero-order valence-electron chi connectivity index (χ0n) is 15.2. The van der Waals surface area contributed by atoms with Crippen LogP contribution in [-0.4, -0.2) is 48.2 Å². The molecule has 1 amide bonds. The highest BCUT2D eigenvalue weighted by molar-refractivity contribution is 7.98. The number of carbonyl (C=O) groups is 1. The summed E-state index contributed by atoms with van der Waals surface area (Å²) in [4.78, 5) is 22.7. The van der Waals surface area contributed by atoms with Crippen molar-refractivity contribution in [3.05, 3.63) is 60.2 Å². The molecule has 6 heteroatoms. The van der Waals surface area contributed by atoms with Crippen molar-refractivity contribution in [2.24, 2.45) is 0 Å². The van der Waals surface area contributed by atoms with Gasteiger partial charge in [-0.15, -0.1) is 11.8 Å². The van der Waals surface area contributed by atoms with Crippen LogP contribution >= 0.6 is 23.1 Å². The van der Waals surface area contributed by atoms with E-state index in [0.717, 1.165) is 42.4 Å². The maximum Gasteiger partial charge on any atom is 0.246 e. The number of rotatable bonds is 4. The van der Waals surface area contributed by atoms with Gasteiger partial charge >= 0.3 is 0 Å². The van der Waals surface area contributed by atoms with E-state index in [1.54, 1.807) is 29.2 Å². The van der Waals surface area contributed by atoms with Gasteiger partial charge in [-0.05, 0) is 36.1 Å². The number of amides is 1. The van der Waals surface area contributed by atoms with Crippen LogP contribution in [0, 0.1) is 0 Å². The number of thiazole rings is 1. The molecule has 2 aromatic carbocycles. The Labute approximate surface area is 167 Å². The largest absolute Gasteiger partial charge is 0.345 e. The number of benzene rings is 2. The Morgan fingerprint density at radius 2 is 1.89 bits per heavy atom. The van der Waals surface area contributed by atoms with E-state index in [4.69, 9.17) is 4.98 Å². The van der Waals surface area contributed by atoms with Crippen LogP contribution in [0.2, 0.25) is 0 Å². The molecule has 0 aliphatic carbocycles. The van der Waals surface area contributed by atoms with E-state index in [1.807, 2.05) is 41.3 Å². The first-order valence-electron chi connectivity index (χ1n) is 8.94. The number of hydrogen-bond donors (Lipinski definition) is 0. The first-order valence-corrected chi connectivity index (χ1v) is 11.0. The molecule has 4 nitrogen and oxygen atoms in total. The van der Waals surface area contributed by atoms with E-state index < -0.39 is 0 Å². The highest BCUT2D eigenvalue weighted by atomic mass is 32.2. The van der Waals surface area contributed by atoms with Crippen LogP contribution in [0.25, 0.3) is 16.3 Å². The summed E-state index contributed by atoms with van der Waals surface area (Å²) in [6.07, 6.45) is 5.64. The number of hydrogen-bond acceptors (Lipinski definition) is 5. The zero-order chi connectivity index (χ0) is 18.6. The molecule has 1 aromatic heterocycles. The van der Waals surface area contributed by atoms with Gasteiger partial charge in [0.1, 0.15) is 0 Å². The van der Waals surface area contributed by atoms with E-state index in [9.17, 15) is 4.79 Å². The highest BCUT2D eigenvalue weighted by Gasteiger charge is 2.22. The minimum absolute atomic E-state index is 0.0763. The molecule has 1 saturated heterocycles. The first kappa shape index (κ1) is 18.1. The van der Waals surface area contributed by atoms with E-state index in [0.29, 0.717) is 0 Å². The molecule has 1 fully saturated rings. The summed E-state index contributed by atoms with van der Waals surface area (Å²) < 4.78 is 1.22. The summed E-state index contributed by atoms with van der Waals surface area (Å²) in [5.74, 6) is 0.0763. The van der Waals surface area contributed by atoms with E-state index >= 15 is 0 Å². The number of fused-ring (bicyclic) bond motifs is 1. The normalized spacial score (nSPS) is 15.0. The second-order valence-corrected chi connectivity index (χ2v) is 8.28. The lowest BCUT2D eigenvalue weighted by atomic mass is 10.2. The summed E-state index contributed by atoms with van der Waals surface area (Å²) in [5.41, 5.74) is 2.10. The van der Waals surface area contributed by atoms with Gasteiger partial charge < -0.3 is 9.80 Å². The van der Waals surface area contributed by atoms with Crippen LogP contribution in [-0.2, 0) is 4.79 Å². The molecule has 3 aromatic rings. The predicted molar refractivity (Wildman–Crippen MR) is 116 cm³/mol. The lowest BCUT2D eigenvalue weighted by Gasteiger charge is -2.34. The van der Waals surface area contributed by atoms with Crippen molar-refractivity contribution in [1.29, 1.82) is 0 Å². The molecule has 0 saturated carbocycles. The average molecular weight is 396 g/mol. The molecule has 0 bridgehead atoms. The lowest BCUT2D eigenvalue weighted by molar-refractivity contribution is -0.126. The maximum absolute atomic E-state index is 12.4. The molecule has 138 valence electrons. The van der Waals surface area contributed by atoms with Crippen molar-refractivity contribution in [1.82, 2.24) is 9.88 Å². The van der Waals surface area contributed by atoms with Crippen LogP contribution in [0.1, 0.15) is 5.56 Å². The predicted octanol–water partition coefficient (Wildman–Crippen LogP) is 4.38.